The summed E-state index contributed by atoms with van der Waals surface area (Å²) in [6.45, 7) is 3.94. The number of hydrogen-bond donors (Lipinski definition) is 1. The summed E-state index contributed by atoms with van der Waals surface area (Å²) in [6, 6.07) is 10.8. The highest BCUT2D eigenvalue weighted by Crippen LogP contribution is 2.33. The fourth-order valence-corrected chi connectivity index (χ4v) is 4.04. The van der Waals surface area contributed by atoms with E-state index in [-0.39, 0.29) is 0 Å². The third-order valence-corrected chi connectivity index (χ3v) is 5.35. The van der Waals surface area contributed by atoms with Crippen molar-refractivity contribution in [1.82, 2.24) is 9.97 Å². The third-order valence-electron chi connectivity index (χ3n) is 5.35. The molecule has 4 rings (SSSR count). The average Bonchev–Trinajstić information content (AvgIpc) is 2.68. The van der Waals surface area contributed by atoms with Crippen molar-refractivity contribution in [3.8, 4) is 0 Å². The molecule has 2 heterocycles. The molecule has 4 heteroatoms. The van der Waals surface area contributed by atoms with Gasteiger partial charge in [0.05, 0.1) is 0 Å². The van der Waals surface area contributed by atoms with Crippen LogP contribution in [0.25, 0.3) is 0 Å². The molecule has 1 aliphatic carbocycles. The van der Waals surface area contributed by atoms with Gasteiger partial charge in [0.2, 0.25) is 0 Å². The molecule has 2 aromatic rings. The number of fused-ring (bicyclic) bond motifs is 1. The molecule has 0 saturated carbocycles. The lowest BCUT2D eigenvalue weighted by atomic mass is 9.97. The largest absolute Gasteiger partial charge is 0.370 e. The Morgan fingerprint density at radius 3 is 2.88 bits per heavy atom. The molecule has 0 atom stereocenters. The van der Waals surface area contributed by atoms with Crippen LogP contribution in [-0.2, 0) is 6.42 Å². The molecule has 0 radical (unpaired) electrons. The molecule has 1 aromatic carbocycles. The van der Waals surface area contributed by atoms with Gasteiger partial charge in [0.1, 0.15) is 17.5 Å². The second-order valence-electron chi connectivity index (χ2n) is 7.33. The first kappa shape index (κ1) is 17.1. The Morgan fingerprint density at radius 2 is 2.00 bits per heavy atom. The molecule has 2 aliphatic rings. The van der Waals surface area contributed by atoms with Crippen molar-refractivity contribution in [3.63, 3.8) is 0 Å². The van der Waals surface area contributed by atoms with E-state index in [0.717, 1.165) is 49.8 Å². The summed E-state index contributed by atoms with van der Waals surface area (Å²) < 4.78 is 0. The molecule has 26 heavy (non-hydrogen) atoms. The topological polar surface area (TPSA) is 41.1 Å². The minimum Gasteiger partial charge on any atom is -0.370 e. The standard InChI is InChI=1S/C22H28N4/c1-17-24-21(23-14-13-18-8-3-2-4-9-18)16-22(25-17)26-15-7-11-19-10-5-6-12-20(19)26/h5-6,8,10,12,16H,2-4,7,9,11,13-15H2,1H3,(H,23,24,25). The number of benzene rings is 1. The highest BCUT2D eigenvalue weighted by atomic mass is 15.2. The smallest absolute Gasteiger partial charge is 0.138 e. The van der Waals surface area contributed by atoms with Gasteiger partial charge >= 0.3 is 0 Å². The second kappa shape index (κ2) is 7.90. The van der Waals surface area contributed by atoms with Gasteiger partial charge in [-0.15, -0.1) is 0 Å². The van der Waals surface area contributed by atoms with E-state index >= 15 is 0 Å². The number of nitrogens with one attached hydrogen (secondary N) is 1. The Kier molecular flexibility index (Phi) is 5.19. The van der Waals surface area contributed by atoms with E-state index in [9.17, 15) is 0 Å². The summed E-state index contributed by atoms with van der Waals surface area (Å²) in [5, 5.41) is 3.52. The second-order valence-corrected chi connectivity index (χ2v) is 7.33. The van der Waals surface area contributed by atoms with Gasteiger partial charge in [0, 0.05) is 24.8 Å². The molecule has 0 unspecified atom stereocenters. The zero-order chi connectivity index (χ0) is 17.8. The fraction of sp³-hybridized carbons (Fsp3) is 0.455. The van der Waals surface area contributed by atoms with Crippen LogP contribution in [0, 0.1) is 6.92 Å². The molecule has 0 saturated heterocycles. The molecular formula is C22H28N4. The lowest BCUT2D eigenvalue weighted by Crippen LogP contribution is -2.25. The van der Waals surface area contributed by atoms with Gasteiger partial charge in [-0.2, -0.15) is 0 Å². The Hall–Kier alpha value is -2.36. The molecule has 0 fully saturated rings. The van der Waals surface area contributed by atoms with E-state index in [2.05, 4.69) is 51.6 Å². The zero-order valence-electron chi connectivity index (χ0n) is 15.7. The SMILES string of the molecule is Cc1nc(NCCC2=CCCCC2)cc(N2CCCc3ccccc32)n1. The van der Waals surface area contributed by atoms with Gasteiger partial charge in [-0.25, -0.2) is 9.97 Å². The van der Waals surface area contributed by atoms with Gasteiger partial charge < -0.3 is 10.2 Å². The number of nitrogens with zero attached hydrogens (tertiary/aromatic N) is 3. The number of rotatable bonds is 5. The monoisotopic (exact) mass is 348 g/mol. The molecule has 0 spiro atoms. The lowest BCUT2D eigenvalue weighted by molar-refractivity contribution is 0.679. The number of aromatic nitrogens is 2. The van der Waals surface area contributed by atoms with Crippen LogP contribution in [-0.4, -0.2) is 23.1 Å². The first-order valence-corrected chi connectivity index (χ1v) is 9.92. The molecule has 1 aromatic heterocycles. The Morgan fingerprint density at radius 1 is 1.08 bits per heavy atom. The van der Waals surface area contributed by atoms with Crippen LogP contribution in [0.2, 0.25) is 0 Å². The van der Waals surface area contributed by atoms with E-state index in [0.29, 0.717) is 0 Å². The number of aryl methyl sites for hydroxylation is 2. The van der Waals surface area contributed by atoms with Gasteiger partial charge in [-0.05, 0) is 63.5 Å². The maximum atomic E-state index is 4.72. The van der Waals surface area contributed by atoms with Crippen molar-refractivity contribution < 1.29 is 0 Å². The molecular weight excluding hydrogens is 320 g/mol. The highest BCUT2D eigenvalue weighted by molar-refractivity contribution is 5.67. The van der Waals surface area contributed by atoms with E-state index in [4.69, 9.17) is 4.98 Å². The zero-order valence-corrected chi connectivity index (χ0v) is 15.7. The quantitative estimate of drug-likeness (QED) is 0.757. The van der Waals surface area contributed by atoms with Crippen molar-refractivity contribution in [2.24, 2.45) is 0 Å². The number of allylic oxidation sites excluding steroid dienone is 1. The summed E-state index contributed by atoms with van der Waals surface area (Å²) in [5.41, 5.74) is 4.30. The minimum absolute atomic E-state index is 0.824. The molecule has 4 nitrogen and oxygen atoms in total. The van der Waals surface area contributed by atoms with E-state index in [1.54, 1.807) is 5.57 Å². The third kappa shape index (κ3) is 3.90. The highest BCUT2D eigenvalue weighted by Gasteiger charge is 2.19. The fourth-order valence-electron chi connectivity index (χ4n) is 4.04. The van der Waals surface area contributed by atoms with Gasteiger partial charge in [-0.1, -0.05) is 29.8 Å². The van der Waals surface area contributed by atoms with Crippen LogP contribution in [0.4, 0.5) is 17.3 Å². The molecule has 136 valence electrons. The summed E-state index contributed by atoms with van der Waals surface area (Å²) >= 11 is 0. The summed E-state index contributed by atoms with van der Waals surface area (Å²) in [4.78, 5) is 11.7. The first-order valence-electron chi connectivity index (χ1n) is 9.92. The van der Waals surface area contributed by atoms with E-state index in [1.165, 1.54) is 36.9 Å². The summed E-state index contributed by atoms with van der Waals surface area (Å²) in [7, 11) is 0. The van der Waals surface area contributed by atoms with Gasteiger partial charge in [-0.3, -0.25) is 0 Å². The molecule has 1 aliphatic heterocycles. The van der Waals surface area contributed by atoms with Crippen molar-refractivity contribution in [2.45, 2.75) is 51.9 Å². The van der Waals surface area contributed by atoms with Crippen LogP contribution in [0.3, 0.4) is 0 Å². The van der Waals surface area contributed by atoms with Crippen LogP contribution in [0.1, 0.15) is 49.9 Å². The Labute approximate surface area is 156 Å². The van der Waals surface area contributed by atoms with Crippen LogP contribution < -0.4 is 10.2 Å². The van der Waals surface area contributed by atoms with Crippen LogP contribution in [0.5, 0.6) is 0 Å². The van der Waals surface area contributed by atoms with Crippen LogP contribution in [0.15, 0.2) is 42.0 Å². The minimum atomic E-state index is 0.824. The number of anilines is 3. The maximum Gasteiger partial charge on any atom is 0.138 e. The summed E-state index contributed by atoms with van der Waals surface area (Å²) in [6.07, 6.45) is 11.1. The predicted octanol–water partition coefficient (Wildman–Crippen LogP) is 5.17. The van der Waals surface area contributed by atoms with E-state index < -0.39 is 0 Å². The van der Waals surface area contributed by atoms with Crippen molar-refractivity contribution in [2.75, 3.05) is 23.3 Å². The molecule has 1 N–H and O–H groups in total. The Balaban J connectivity index is 1.49. The maximum absolute atomic E-state index is 4.72. The predicted molar refractivity (Wildman–Crippen MR) is 108 cm³/mol. The van der Waals surface area contributed by atoms with Crippen molar-refractivity contribution in [3.05, 3.63) is 53.4 Å². The molecule has 0 amide bonds. The average molecular weight is 348 g/mol. The lowest BCUT2D eigenvalue weighted by Gasteiger charge is -2.30. The van der Waals surface area contributed by atoms with Gasteiger partial charge in [0.15, 0.2) is 0 Å². The number of hydrogen-bond acceptors (Lipinski definition) is 4. The normalized spacial score (nSPS) is 16.8. The van der Waals surface area contributed by atoms with E-state index in [1.807, 2.05) is 6.92 Å². The van der Waals surface area contributed by atoms with Crippen LogP contribution >= 0.6 is 0 Å². The van der Waals surface area contributed by atoms with Crippen molar-refractivity contribution >= 4 is 17.3 Å². The first-order chi connectivity index (χ1) is 12.8. The van der Waals surface area contributed by atoms with Gasteiger partial charge in [0.25, 0.3) is 0 Å². The van der Waals surface area contributed by atoms with Crippen molar-refractivity contribution in [1.29, 1.82) is 0 Å². The number of para-hydroxylation sites is 1. The summed E-state index contributed by atoms with van der Waals surface area (Å²) in [5.74, 6) is 2.76. The molecule has 0 bridgehead atoms. The Bertz CT molecular complexity index is 796.